The van der Waals surface area contributed by atoms with Crippen LogP contribution in [0.4, 0.5) is 23.1 Å². The Balaban J connectivity index is 1.78. The minimum absolute atomic E-state index is 0.600. The van der Waals surface area contributed by atoms with E-state index in [1.54, 1.807) is 7.11 Å². The van der Waals surface area contributed by atoms with E-state index in [2.05, 4.69) is 43.7 Å². The van der Waals surface area contributed by atoms with E-state index in [0.717, 1.165) is 49.2 Å². The Morgan fingerprint density at radius 1 is 1.20 bits per heavy atom. The summed E-state index contributed by atoms with van der Waals surface area (Å²) < 4.78 is 10.5. The van der Waals surface area contributed by atoms with Crippen molar-refractivity contribution in [1.82, 2.24) is 9.97 Å². The van der Waals surface area contributed by atoms with Gasteiger partial charge in [0.25, 0.3) is 0 Å². The van der Waals surface area contributed by atoms with Gasteiger partial charge in [0.1, 0.15) is 5.82 Å². The fourth-order valence-electron chi connectivity index (χ4n) is 2.77. The quantitative estimate of drug-likeness (QED) is 0.748. The zero-order valence-electron chi connectivity index (χ0n) is 14.8. The van der Waals surface area contributed by atoms with Crippen molar-refractivity contribution in [2.24, 2.45) is 0 Å². The number of methoxy groups -OCH3 is 1. The number of hydrogen-bond acceptors (Lipinski definition) is 7. The summed E-state index contributed by atoms with van der Waals surface area (Å²) in [4.78, 5) is 11.3. The standard InChI is InChI=1S/C18H25N5O2/c1-14-13-17(22-18(20-14)19-7-10-24-2)21-15-5-3-4-6-16(15)23-8-11-25-12-9-23/h3-6,13H,7-12H2,1-2H3,(H2,19,20,21,22). The molecule has 1 saturated heterocycles. The van der Waals surface area contributed by atoms with Gasteiger partial charge in [-0.3, -0.25) is 0 Å². The SMILES string of the molecule is COCCNc1nc(C)cc(Nc2ccccc2N2CCOCC2)n1. The van der Waals surface area contributed by atoms with Crippen LogP contribution in [0.2, 0.25) is 0 Å². The van der Waals surface area contributed by atoms with E-state index in [0.29, 0.717) is 19.1 Å². The van der Waals surface area contributed by atoms with Gasteiger partial charge in [0.05, 0.1) is 31.2 Å². The number of nitrogens with zero attached hydrogens (tertiary/aromatic N) is 3. The van der Waals surface area contributed by atoms with Crippen molar-refractivity contribution in [3.63, 3.8) is 0 Å². The van der Waals surface area contributed by atoms with Crippen LogP contribution in [0.25, 0.3) is 0 Å². The first-order chi connectivity index (χ1) is 12.3. The maximum absolute atomic E-state index is 5.46. The van der Waals surface area contributed by atoms with E-state index in [1.807, 2.05) is 19.1 Å². The van der Waals surface area contributed by atoms with E-state index >= 15 is 0 Å². The number of morpholine rings is 1. The molecule has 0 bridgehead atoms. The molecule has 3 rings (SSSR count). The highest BCUT2D eigenvalue weighted by molar-refractivity contribution is 5.74. The topological polar surface area (TPSA) is 71.5 Å². The van der Waals surface area contributed by atoms with Crippen LogP contribution in [0.5, 0.6) is 0 Å². The molecule has 134 valence electrons. The molecular formula is C18H25N5O2. The lowest BCUT2D eigenvalue weighted by atomic mass is 10.2. The van der Waals surface area contributed by atoms with Gasteiger partial charge in [-0.25, -0.2) is 4.98 Å². The number of aryl methyl sites for hydroxylation is 1. The lowest BCUT2D eigenvalue weighted by molar-refractivity contribution is 0.123. The summed E-state index contributed by atoms with van der Waals surface area (Å²) in [5.74, 6) is 1.37. The Bertz CT molecular complexity index is 689. The summed E-state index contributed by atoms with van der Waals surface area (Å²) in [6, 6.07) is 10.2. The van der Waals surface area contributed by atoms with Crippen molar-refractivity contribution in [1.29, 1.82) is 0 Å². The molecule has 0 spiro atoms. The van der Waals surface area contributed by atoms with E-state index < -0.39 is 0 Å². The summed E-state index contributed by atoms with van der Waals surface area (Å²) in [7, 11) is 1.67. The monoisotopic (exact) mass is 343 g/mol. The highest BCUT2D eigenvalue weighted by atomic mass is 16.5. The van der Waals surface area contributed by atoms with E-state index in [1.165, 1.54) is 0 Å². The van der Waals surface area contributed by atoms with Crippen LogP contribution in [0, 0.1) is 6.92 Å². The van der Waals surface area contributed by atoms with Gasteiger partial charge in [0, 0.05) is 38.5 Å². The third-order valence-electron chi connectivity index (χ3n) is 3.96. The Labute approximate surface area is 148 Å². The van der Waals surface area contributed by atoms with Crippen molar-refractivity contribution in [2.75, 3.05) is 62.1 Å². The number of anilines is 4. The molecule has 0 unspecified atom stereocenters. The van der Waals surface area contributed by atoms with Crippen LogP contribution >= 0.6 is 0 Å². The molecule has 25 heavy (non-hydrogen) atoms. The first-order valence-corrected chi connectivity index (χ1v) is 8.53. The van der Waals surface area contributed by atoms with Gasteiger partial charge in [-0.15, -0.1) is 0 Å². The van der Waals surface area contributed by atoms with E-state index in [9.17, 15) is 0 Å². The largest absolute Gasteiger partial charge is 0.383 e. The van der Waals surface area contributed by atoms with Crippen molar-refractivity contribution in [2.45, 2.75) is 6.92 Å². The highest BCUT2D eigenvalue weighted by Crippen LogP contribution is 2.29. The number of rotatable bonds is 7. The van der Waals surface area contributed by atoms with E-state index in [4.69, 9.17) is 9.47 Å². The first kappa shape index (κ1) is 17.4. The second-order valence-corrected chi connectivity index (χ2v) is 5.88. The Morgan fingerprint density at radius 3 is 2.80 bits per heavy atom. The van der Waals surface area contributed by atoms with Gasteiger partial charge in [-0.1, -0.05) is 12.1 Å². The molecule has 2 heterocycles. The summed E-state index contributed by atoms with van der Waals surface area (Å²) in [5, 5.41) is 6.61. The smallest absolute Gasteiger partial charge is 0.224 e. The summed E-state index contributed by atoms with van der Waals surface area (Å²) in [5.41, 5.74) is 3.10. The number of para-hydroxylation sites is 2. The van der Waals surface area contributed by atoms with Crippen molar-refractivity contribution in [3.8, 4) is 0 Å². The second-order valence-electron chi connectivity index (χ2n) is 5.88. The third kappa shape index (κ3) is 4.80. The zero-order chi connectivity index (χ0) is 17.5. The average molecular weight is 343 g/mol. The molecule has 1 aliphatic rings. The van der Waals surface area contributed by atoms with Crippen LogP contribution in [0.3, 0.4) is 0 Å². The maximum atomic E-state index is 5.46. The first-order valence-electron chi connectivity index (χ1n) is 8.53. The van der Waals surface area contributed by atoms with Crippen LogP contribution in [0.15, 0.2) is 30.3 Å². The average Bonchev–Trinajstić information content (AvgIpc) is 2.63. The second kappa shape index (κ2) is 8.64. The van der Waals surface area contributed by atoms with Gasteiger partial charge in [0.15, 0.2) is 0 Å². The number of hydrogen-bond donors (Lipinski definition) is 2. The third-order valence-corrected chi connectivity index (χ3v) is 3.96. The highest BCUT2D eigenvalue weighted by Gasteiger charge is 2.15. The number of nitrogens with one attached hydrogen (secondary N) is 2. The molecule has 1 fully saturated rings. The van der Waals surface area contributed by atoms with Gasteiger partial charge in [0.2, 0.25) is 5.95 Å². The lowest BCUT2D eigenvalue weighted by Crippen LogP contribution is -2.36. The molecular weight excluding hydrogens is 318 g/mol. The fraction of sp³-hybridized carbons (Fsp3) is 0.444. The zero-order valence-corrected chi connectivity index (χ0v) is 14.8. The van der Waals surface area contributed by atoms with Crippen LogP contribution < -0.4 is 15.5 Å². The molecule has 1 aliphatic heterocycles. The molecule has 0 atom stereocenters. The Morgan fingerprint density at radius 2 is 2.00 bits per heavy atom. The molecule has 7 nitrogen and oxygen atoms in total. The van der Waals surface area contributed by atoms with Crippen molar-refractivity contribution >= 4 is 23.1 Å². The molecule has 1 aromatic carbocycles. The van der Waals surface area contributed by atoms with Gasteiger partial charge in [-0.2, -0.15) is 4.98 Å². The molecule has 0 radical (unpaired) electrons. The molecule has 1 aromatic heterocycles. The van der Waals surface area contributed by atoms with Gasteiger partial charge >= 0.3 is 0 Å². The minimum atomic E-state index is 0.600. The molecule has 7 heteroatoms. The number of benzene rings is 1. The maximum Gasteiger partial charge on any atom is 0.224 e. The van der Waals surface area contributed by atoms with E-state index in [-0.39, 0.29) is 0 Å². The number of ether oxygens (including phenoxy) is 2. The normalized spacial score (nSPS) is 14.4. The fourth-order valence-corrected chi connectivity index (χ4v) is 2.77. The lowest BCUT2D eigenvalue weighted by Gasteiger charge is -2.30. The van der Waals surface area contributed by atoms with Crippen LogP contribution in [0.1, 0.15) is 5.69 Å². The Kier molecular flexibility index (Phi) is 6.03. The van der Waals surface area contributed by atoms with Crippen LogP contribution in [-0.2, 0) is 9.47 Å². The molecule has 0 amide bonds. The van der Waals surface area contributed by atoms with Crippen molar-refractivity contribution in [3.05, 3.63) is 36.0 Å². The molecule has 2 aromatic rings. The Hall–Kier alpha value is -2.38. The minimum Gasteiger partial charge on any atom is -0.383 e. The predicted octanol–water partition coefficient (Wildman–Crippen LogP) is 2.42. The van der Waals surface area contributed by atoms with Crippen molar-refractivity contribution < 1.29 is 9.47 Å². The summed E-state index contributed by atoms with van der Waals surface area (Å²) in [6.07, 6.45) is 0. The molecule has 0 saturated carbocycles. The van der Waals surface area contributed by atoms with Crippen LogP contribution in [-0.4, -0.2) is 56.5 Å². The van der Waals surface area contributed by atoms with Gasteiger partial charge in [-0.05, 0) is 19.1 Å². The number of aromatic nitrogens is 2. The summed E-state index contributed by atoms with van der Waals surface area (Å²) >= 11 is 0. The van der Waals surface area contributed by atoms with Gasteiger partial charge < -0.3 is 25.0 Å². The summed E-state index contributed by atoms with van der Waals surface area (Å²) in [6.45, 7) is 6.55. The molecule has 2 N–H and O–H groups in total. The molecule has 0 aliphatic carbocycles. The predicted molar refractivity (Wildman–Crippen MR) is 99.9 cm³/mol.